The Kier molecular flexibility index (Phi) is 2.59. The zero-order chi connectivity index (χ0) is 11.7. The van der Waals surface area contributed by atoms with Gasteiger partial charge in [0.05, 0.1) is 0 Å². The Morgan fingerprint density at radius 3 is 2.94 bits per heavy atom. The number of carbonyl (C=O) groups is 1. The van der Waals surface area contributed by atoms with E-state index in [2.05, 4.69) is 6.08 Å². The van der Waals surface area contributed by atoms with Gasteiger partial charge in [0.1, 0.15) is 0 Å². The van der Waals surface area contributed by atoms with Crippen molar-refractivity contribution in [2.45, 2.75) is 25.7 Å². The van der Waals surface area contributed by atoms with E-state index in [1.54, 1.807) is 0 Å². The molecule has 0 saturated carbocycles. The number of carbonyl (C=O) groups excluding carboxylic acids is 1. The first kappa shape index (κ1) is 10.4. The molecule has 0 N–H and O–H groups in total. The molecule has 88 valence electrons. The van der Waals surface area contributed by atoms with Crippen molar-refractivity contribution >= 4 is 5.78 Å². The molecule has 1 aromatic carbocycles. The van der Waals surface area contributed by atoms with E-state index in [-0.39, 0.29) is 12.6 Å². The van der Waals surface area contributed by atoms with Gasteiger partial charge in [-0.3, -0.25) is 4.79 Å². The highest BCUT2D eigenvalue weighted by Gasteiger charge is 2.17. The summed E-state index contributed by atoms with van der Waals surface area (Å²) in [6.45, 7) is 0.276. The second-order valence-electron chi connectivity index (χ2n) is 4.41. The highest BCUT2D eigenvalue weighted by molar-refractivity contribution is 5.97. The number of fused-ring (bicyclic) bond motifs is 1. The lowest BCUT2D eigenvalue weighted by molar-refractivity contribution is -0.115. The number of ketones is 1. The summed E-state index contributed by atoms with van der Waals surface area (Å²) in [7, 11) is 0. The van der Waals surface area contributed by atoms with Crippen LogP contribution >= 0.6 is 0 Å². The summed E-state index contributed by atoms with van der Waals surface area (Å²) in [6, 6.07) is 5.70. The third-order valence-corrected chi connectivity index (χ3v) is 3.20. The molecule has 2 aliphatic rings. The molecular formula is C14H14O3. The lowest BCUT2D eigenvalue weighted by atomic mass is 10.0. The van der Waals surface area contributed by atoms with Crippen LogP contribution in [0.2, 0.25) is 0 Å². The summed E-state index contributed by atoms with van der Waals surface area (Å²) in [4.78, 5) is 12.0. The average molecular weight is 230 g/mol. The normalized spacial score (nSPS) is 17.1. The molecule has 1 aromatic rings. The largest absolute Gasteiger partial charge is 0.454 e. The fourth-order valence-corrected chi connectivity index (χ4v) is 2.27. The van der Waals surface area contributed by atoms with E-state index in [1.165, 1.54) is 0 Å². The summed E-state index contributed by atoms with van der Waals surface area (Å²) in [5, 5.41) is 0. The number of rotatable bonds is 3. The van der Waals surface area contributed by atoms with E-state index in [9.17, 15) is 4.79 Å². The van der Waals surface area contributed by atoms with Crippen molar-refractivity contribution in [2.75, 3.05) is 6.79 Å². The van der Waals surface area contributed by atoms with Crippen molar-refractivity contribution in [3.05, 3.63) is 35.4 Å². The van der Waals surface area contributed by atoms with Gasteiger partial charge in [-0.2, -0.15) is 0 Å². The molecule has 0 aromatic heterocycles. The minimum Gasteiger partial charge on any atom is -0.454 e. The predicted molar refractivity (Wildman–Crippen MR) is 63.2 cm³/mol. The van der Waals surface area contributed by atoms with Gasteiger partial charge in [0, 0.05) is 6.42 Å². The van der Waals surface area contributed by atoms with Gasteiger partial charge in [0.25, 0.3) is 0 Å². The molecule has 0 fully saturated rings. The quantitative estimate of drug-likeness (QED) is 0.800. The molecule has 3 rings (SSSR count). The smallest absolute Gasteiger partial charge is 0.231 e. The first-order valence-electron chi connectivity index (χ1n) is 5.94. The Bertz CT molecular complexity index is 488. The van der Waals surface area contributed by atoms with Crippen LogP contribution in [0.3, 0.4) is 0 Å². The number of hydrogen-bond donors (Lipinski definition) is 0. The summed E-state index contributed by atoms with van der Waals surface area (Å²) in [6.07, 6.45) is 5.62. The van der Waals surface area contributed by atoms with Gasteiger partial charge in [-0.1, -0.05) is 12.1 Å². The van der Waals surface area contributed by atoms with Gasteiger partial charge < -0.3 is 9.47 Å². The molecule has 0 atom stereocenters. The van der Waals surface area contributed by atoms with Crippen molar-refractivity contribution in [1.82, 2.24) is 0 Å². The van der Waals surface area contributed by atoms with Gasteiger partial charge >= 0.3 is 0 Å². The van der Waals surface area contributed by atoms with Crippen LogP contribution in [-0.4, -0.2) is 12.6 Å². The zero-order valence-corrected chi connectivity index (χ0v) is 9.57. The second-order valence-corrected chi connectivity index (χ2v) is 4.41. The minimum absolute atomic E-state index is 0.237. The molecule has 0 spiro atoms. The monoisotopic (exact) mass is 230 g/mol. The molecule has 0 unspecified atom stereocenters. The fraction of sp³-hybridized carbons (Fsp3) is 0.357. The SMILES string of the molecule is O=C(Cc1ccc2c(c1)OCO2)C1=CCCC1. The topological polar surface area (TPSA) is 35.5 Å². The van der Waals surface area contributed by atoms with Crippen molar-refractivity contribution in [1.29, 1.82) is 0 Å². The maximum atomic E-state index is 12.0. The minimum atomic E-state index is 0.237. The van der Waals surface area contributed by atoms with Crippen LogP contribution < -0.4 is 9.47 Å². The van der Waals surface area contributed by atoms with Gasteiger partial charge in [-0.05, 0) is 42.5 Å². The molecule has 0 radical (unpaired) electrons. The Hall–Kier alpha value is -1.77. The van der Waals surface area contributed by atoms with Crippen LogP contribution in [-0.2, 0) is 11.2 Å². The van der Waals surface area contributed by atoms with E-state index >= 15 is 0 Å². The van der Waals surface area contributed by atoms with Gasteiger partial charge in [-0.15, -0.1) is 0 Å². The molecule has 0 bridgehead atoms. The van der Waals surface area contributed by atoms with E-state index in [0.29, 0.717) is 6.42 Å². The summed E-state index contributed by atoms with van der Waals surface area (Å²) < 4.78 is 10.5. The maximum Gasteiger partial charge on any atom is 0.231 e. The molecule has 3 nitrogen and oxygen atoms in total. The molecule has 1 aliphatic carbocycles. The zero-order valence-electron chi connectivity index (χ0n) is 9.57. The highest BCUT2D eigenvalue weighted by atomic mass is 16.7. The number of ether oxygens (including phenoxy) is 2. The molecule has 3 heteroatoms. The van der Waals surface area contributed by atoms with Crippen molar-refractivity contribution < 1.29 is 14.3 Å². The molecule has 1 aliphatic heterocycles. The van der Waals surface area contributed by atoms with Crippen molar-refractivity contribution in [3.8, 4) is 11.5 Å². The number of hydrogen-bond acceptors (Lipinski definition) is 3. The van der Waals surface area contributed by atoms with Crippen LogP contribution in [0.5, 0.6) is 11.5 Å². The van der Waals surface area contributed by atoms with E-state index in [1.807, 2.05) is 18.2 Å². The van der Waals surface area contributed by atoms with Crippen molar-refractivity contribution in [2.24, 2.45) is 0 Å². The Balaban J connectivity index is 1.74. The van der Waals surface area contributed by atoms with Gasteiger partial charge in [0.15, 0.2) is 17.3 Å². The first-order chi connectivity index (χ1) is 8.33. The maximum absolute atomic E-state index is 12.0. The highest BCUT2D eigenvalue weighted by Crippen LogP contribution is 2.33. The molecular weight excluding hydrogens is 216 g/mol. The number of allylic oxidation sites excluding steroid dienone is 2. The molecule has 17 heavy (non-hydrogen) atoms. The van der Waals surface area contributed by atoms with Crippen LogP contribution in [0.4, 0.5) is 0 Å². The lowest BCUT2D eigenvalue weighted by Crippen LogP contribution is -2.04. The van der Waals surface area contributed by atoms with Crippen LogP contribution in [0.25, 0.3) is 0 Å². The van der Waals surface area contributed by atoms with E-state index in [0.717, 1.165) is 41.9 Å². The van der Waals surface area contributed by atoms with E-state index in [4.69, 9.17) is 9.47 Å². The molecule has 0 amide bonds. The van der Waals surface area contributed by atoms with Gasteiger partial charge in [-0.25, -0.2) is 0 Å². The van der Waals surface area contributed by atoms with Crippen LogP contribution in [0, 0.1) is 0 Å². The third kappa shape index (κ3) is 2.05. The number of benzene rings is 1. The average Bonchev–Trinajstić information content (AvgIpc) is 2.99. The Labute approximate surface area is 100 Å². The second kappa shape index (κ2) is 4.24. The van der Waals surface area contributed by atoms with Crippen LogP contribution in [0.1, 0.15) is 24.8 Å². The lowest BCUT2D eigenvalue weighted by Gasteiger charge is -2.03. The fourth-order valence-electron chi connectivity index (χ4n) is 2.27. The van der Waals surface area contributed by atoms with Crippen LogP contribution in [0.15, 0.2) is 29.8 Å². The Morgan fingerprint density at radius 2 is 2.12 bits per heavy atom. The number of Topliss-reactive ketones (excluding diaryl/α,β-unsaturated/α-hetero) is 1. The summed E-state index contributed by atoms with van der Waals surface area (Å²) >= 11 is 0. The Morgan fingerprint density at radius 1 is 1.24 bits per heavy atom. The first-order valence-corrected chi connectivity index (χ1v) is 5.94. The van der Waals surface area contributed by atoms with Gasteiger partial charge in [0.2, 0.25) is 6.79 Å². The van der Waals surface area contributed by atoms with Crippen molar-refractivity contribution in [3.63, 3.8) is 0 Å². The molecule has 1 heterocycles. The summed E-state index contributed by atoms with van der Waals surface area (Å²) in [5.74, 6) is 1.75. The third-order valence-electron chi connectivity index (χ3n) is 3.20. The summed E-state index contributed by atoms with van der Waals surface area (Å²) in [5.41, 5.74) is 1.98. The standard InChI is InChI=1S/C14H14O3/c15-12(11-3-1-2-4-11)7-10-5-6-13-14(8-10)17-9-16-13/h3,5-6,8H,1-2,4,7,9H2. The van der Waals surface area contributed by atoms with E-state index < -0.39 is 0 Å². The molecule has 0 saturated heterocycles. The predicted octanol–water partition coefficient (Wildman–Crippen LogP) is 2.64.